The number of hydrogen-bond acceptors (Lipinski definition) is 3. The van der Waals surface area contributed by atoms with Crippen LogP contribution < -0.4 is 16.4 Å². The van der Waals surface area contributed by atoms with Gasteiger partial charge in [-0.25, -0.2) is 0 Å². The van der Waals surface area contributed by atoms with Crippen LogP contribution in [0.4, 0.5) is 5.69 Å². The summed E-state index contributed by atoms with van der Waals surface area (Å²) in [5.74, 6) is 0.690. The predicted octanol–water partition coefficient (Wildman–Crippen LogP) is 3.37. The Morgan fingerprint density at radius 3 is 2.48 bits per heavy atom. The molecule has 1 aliphatic carbocycles. The van der Waals surface area contributed by atoms with E-state index in [1.165, 1.54) is 12.8 Å². The fourth-order valence-corrected chi connectivity index (χ4v) is 3.26. The first-order valence-corrected chi connectivity index (χ1v) is 8.78. The molecule has 0 radical (unpaired) electrons. The third-order valence-corrected chi connectivity index (χ3v) is 4.69. The van der Waals surface area contributed by atoms with Crippen molar-refractivity contribution in [3.8, 4) is 0 Å². The minimum Gasteiger partial charge on any atom is -0.385 e. The minimum atomic E-state index is 0.00731. The van der Waals surface area contributed by atoms with E-state index in [1.54, 1.807) is 0 Å². The van der Waals surface area contributed by atoms with Gasteiger partial charge >= 0.3 is 0 Å². The molecule has 1 saturated carbocycles. The molecular formula is C19H31N3O. The Hall–Kier alpha value is -1.55. The number of nitrogens with two attached hydrogens (primary N) is 1. The van der Waals surface area contributed by atoms with Crippen molar-refractivity contribution in [1.29, 1.82) is 0 Å². The average Bonchev–Trinajstić information content (AvgIpc) is 2.48. The highest BCUT2D eigenvalue weighted by Crippen LogP contribution is 2.26. The Balaban J connectivity index is 2.06. The van der Waals surface area contributed by atoms with Crippen molar-refractivity contribution < 1.29 is 4.79 Å². The van der Waals surface area contributed by atoms with E-state index >= 15 is 0 Å². The molecule has 1 aliphatic rings. The number of amides is 1. The molecule has 0 spiro atoms. The average molecular weight is 317 g/mol. The van der Waals surface area contributed by atoms with Crippen LogP contribution in [0.1, 0.15) is 61.0 Å². The smallest absolute Gasteiger partial charge is 0.251 e. The number of benzene rings is 1. The number of carbonyl (C=O) groups excluding carboxylic acids is 1. The SMILES string of the molecule is Cc1cc(NCC2CCC(N)CC2)c(C)c(C(=O)NC(C)C)c1. The van der Waals surface area contributed by atoms with Crippen LogP contribution in [0.3, 0.4) is 0 Å². The second-order valence-corrected chi connectivity index (χ2v) is 7.27. The molecule has 0 aliphatic heterocycles. The third-order valence-electron chi connectivity index (χ3n) is 4.69. The first-order chi connectivity index (χ1) is 10.9. The summed E-state index contributed by atoms with van der Waals surface area (Å²) in [6.07, 6.45) is 4.64. The number of rotatable bonds is 5. The number of carbonyl (C=O) groups is 1. The van der Waals surface area contributed by atoms with E-state index in [9.17, 15) is 4.79 Å². The molecule has 0 unspecified atom stereocenters. The van der Waals surface area contributed by atoms with Crippen molar-refractivity contribution in [1.82, 2.24) is 5.32 Å². The van der Waals surface area contributed by atoms with Gasteiger partial charge in [-0.05, 0) is 82.6 Å². The number of anilines is 1. The second kappa shape index (κ2) is 7.82. The lowest BCUT2D eigenvalue weighted by Crippen LogP contribution is -2.31. The van der Waals surface area contributed by atoms with E-state index in [2.05, 4.69) is 16.7 Å². The lowest BCUT2D eigenvalue weighted by Gasteiger charge is -2.27. The maximum atomic E-state index is 12.4. The molecule has 1 amide bonds. The van der Waals surface area contributed by atoms with Crippen molar-refractivity contribution in [2.24, 2.45) is 11.7 Å². The summed E-state index contributed by atoms with van der Waals surface area (Å²) in [5, 5.41) is 6.55. The molecule has 1 fully saturated rings. The topological polar surface area (TPSA) is 67.1 Å². The first kappa shape index (κ1) is 17.8. The molecule has 1 aromatic carbocycles. The highest BCUT2D eigenvalue weighted by molar-refractivity contribution is 5.97. The zero-order valence-electron chi connectivity index (χ0n) is 14.9. The van der Waals surface area contributed by atoms with Crippen LogP contribution in [0.5, 0.6) is 0 Å². The van der Waals surface area contributed by atoms with Crippen LogP contribution in [-0.4, -0.2) is 24.5 Å². The monoisotopic (exact) mass is 317 g/mol. The summed E-state index contributed by atoms with van der Waals surface area (Å²) in [5.41, 5.74) is 9.96. The molecule has 0 saturated heterocycles. The lowest BCUT2D eigenvalue weighted by molar-refractivity contribution is 0.0942. The quantitative estimate of drug-likeness (QED) is 0.780. The van der Waals surface area contributed by atoms with Gasteiger partial charge < -0.3 is 16.4 Å². The largest absolute Gasteiger partial charge is 0.385 e. The molecule has 2 rings (SSSR count). The van der Waals surface area contributed by atoms with Crippen LogP contribution in [0.15, 0.2) is 12.1 Å². The van der Waals surface area contributed by atoms with Crippen LogP contribution in [0, 0.1) is 19.8 Å². The van der Waals surface area contributed by atoms with Crippen LogP contribution in [-0.2, 0) is 0 Å². The summed E-state index contributed by atoms with van der Waals surface area (Å²) in [7, 11) is 0. The van der Waals surface area contributed by atoms with E-state index in [1.807, 2.05) is 33.8 Å². The summed E-state index contributed by atoms with van der Waals surface area (Å²) in [6, 6.07) is 4.64. The molecular weight excluding hydrogens is 286 g/mol. The molecule has 23 heavy (non-hydrogen) atoms. The van der Waals surface area contributed by atoms with E-state index in [-0.39, 0.29) is 11.9 Å². The van der Waals surface area contributed by atoms with Crippen molar-refractivity contribution in [3.63, 3.8) is 0 Å². The third kappa shape index (κ3) is 4.96. The van der Waals surface area contributed by atoms with E-state index in [4.69, 9.17) is 5.73 Å². The van der Waals surface area contributed by atoms with Crippen molar-refractivity contribution >= 4 is 11.6 Å². The predicted molar refractivity (Wildman–Crippen MR) is 96.9 cm³/mol. The summed E-state index contributed by atoms with van der Waals surface area (Å²) >= 11 is 0. The van der Waals surface area contributed by atoms with E-state index < -0.39 is 0 Å². The molecule has 0 aromatic heterocycles. The number of hydrogen-bond donors (Lipinski definition) is 3. The zero-order valence-corrected chi connectivity index (χ0v) is 14.9. The summed E-state index contributed by atoms with van der Waals surface area (Å²) in [4.78, 5) is 12.4. The Morgan fingerprint density at radius 1 is 1.22 bits per heavy atom. The van der Waals surface area contributed by atoms with Gasteiger partial charge in [0, 0.05) is 29.9 Å². The highest BCUT2D eigenvalue weighted by Gasteiger charge is 2.19. The number of aryl methyl sites for hydroxylation is 1. The molecule has 4 N–H and O–H groups in total. The van der Waals surface area contributed by atoms with Gasteiger partial charge in [0.2, 0.25) is 0 Å². The summed E-state index contributed by atoms with van der Waals surface area (Å²) < 4.78 is 0. The van der Waals surface area contributed by atoms with Gasteiger partial charge in [-0.1, -0.05) is 0 Å². The molecule has 0 bridgehead atoms. The lowest BCUT2D eigenvalue weighted by atomic mass is 9.86. The second-order valence-electron chi connectivity index (χ2n) is 7.27. The Kier molecular flexibility index (Phi) is 6.05. The summed E-state index contributed by atoms with van der Waals surface area (Å²) in [6.45, 7) is 8.98. The normalized spacial score (nSPS) is 21.3. The fraction of sp³-hybridized carbons (Fsp3) is 0.632. The van der Waals surface area contributed by atoms with Gasteiger partial charge in [0.15, 0.2) is 0 Å². The highest BCUT2D eigenvalue weighted by atomic mass is 16.1. The van der Waals surface area contributed by atoms with Gasteiger partial charge in [0.25, 0.3) is 5.91 Å². The van der Waals surface area contributed by atoms with Gasteiger partial charge in [-0.15, -0.1) is 0 Å². The molecule has 0 heterocycles. The Morgan fingerprint density at radius 2 is 1.87 bits per heavy atom. The van der Waals surface area contributed by atoms with Gasteiger partial charge in [0.1, 0.15) is 0 Å². The molecule has 0 atom stereocenters. The number of nitrogens with one attached hydrogen (secondary N) is 2. The van der Waals surface area contributed by atoms with Crippen molar-refractivity contribution in [2.75, 3.05) is 11.9 Å². The van der Waals surface area contributed by atoms with Gasteiger partial charge in [0.05, 0.1) is 0 Å². The van der Waals surface area contributed by atoms with Gasteiger partial charge in [-0.2, -0.15) is 0 Å². The first-order valence-electron chi connectivity index (χ1n) is 8.78. The molecule has 1 aromatic rings. The van der Waals surface area contributed by atoms with E-state index in [0.717, 1.165) is 41.8 Å². The van der Waals surface area contributed by atoms with Crippen LogP contribution in [0.25, 0.3) is 0 Å². The van der Waals surface area contributed by atoms with Crippen LogP contribution in [0.2, 0.25) is 0 Å². The van der Waals surface area contributed by atoms with Gasteiger partial charge in [-0.3, -0.25) is 4.79 Å². The maximum Gasteiger partial charge on any atom is 0.251 e. The van der Waals surface area contributed by atoms with Crippen molar-refractivity contribution in [3.05, 3.63) is 28.8 Å². The fourth-order valence-electron chi connectivity index (χ4n) is 3.26. The maximum absolute atomic E-state index is 12.4. The molecule has 128 valence electrons. The van der Waals surface area contributed by atoms with Crippen LogP contribution >= 0.6 is 0 Å². The minimum absolute atomic E-state index is 0.00731. The zero-order chi connectivity index (χ0) is 17.0. The van der Waals surface area contributed by atoms with E-state index in [0.29, 0.717) is 12.0 Å². The molecule has 4 heteroatoms. The Bertz CT molecular complexity index is 546. The molecule has 4 nitrogen and oxygen atoms in total. The van der Waals surface area contributed by atoms with Crippen molar-refractivity contribution in [2.45, 2.75) is 65.5 Å². The standard InChI is InChI=1S/C19H31N3O/c1-12(2)22-19(23)17-9-13(3)10-18(14(17)4)21-11-15-5-7-16(20)8-6-15/h9-10,12,15-16,21H,5-8,11,20H2,1-4H3,(H,22,23). The Labute approximate surface area is 140 Å².